The second-order valence-electron chi connectivity index (χ2n) is 3.59. The number of rotatable bonds is 5. The highest BCUT2D eigenvalue weighted by Gasteiger charge is 2.19. The van der Waals surface area contributed by atoms with Crippen LogP contribution in [0.25, 0.3) is 0 Å². The van der Waals surface area contributed by atoms with E-state index < -0.39 is 12.1 Å². The van der Waals surface area contributed by atoms with Crippen LogP contribution in [0.5, 0.6) is 0 Å². The summed E-state index contributed by atoms with van der Waals surface area (Å²) in [5.74, 6) is -1.28. The van der Waals surface area contributed by atoms with Crippen LogP contribution in [0, 0.1) is 6.92 Å². The van der Waals surface area contributed by atoms with Gasteiger partial charge in [0, 0.05) is 6.42 Å². The number of aryl methyl sites for hydroxylation is 1. The van der Waals surface area contributed by atoms with Crippen LogP contribution in [0.1, 0.15) is 29.2 Å². The van der Waals surface area contributed by atoms with Crippen LogP contribution in [0.2, 0.25) is 0 Å². The Bertz CT molecular complexity index is 398. The van der Waals surface area contributed by atoms with Gasteiger partial charge in [0.15, 0.2) is 6.10 Å². The van der Waals surface area contributed by atoms with E-state index in [0.717, 1.165) is 17.4 Å². The first-order valence-electron chi connectivity index (χ1n) is 5.00. The van der Waals surface area contributed by atoms with E-state index in [9.17, 15) is 14.7 Å². The molecule has 0 radical (unpaired) electrons. The smallest absolute Gasteiger partial charge is 0.337 e. The van der Waals surface area contributed by atoms with Crippen LogP contribution < -0.4 is 0 Å². The number of carboxylic acid groups (broad SMARTS) is 1. The molecular formula is C12H14O4. The number of aliphatic hydroxyl groups is 1. The van der Waals surface area contributed by atoms with Gasteiger partial charge in [0.2, 0.25) is 0 Å². The molecule has 0 saturated carbocycles. The van der Waals surface area contributed by atoms with Crippen molar-refractivity contribution in [1.82, 2.24) is 0 Å². The first-order valence-corrected chi connectivity index (χ1v) is 5.00. The Hall–Kier alpha value is -1.68. The summed E-state index contributed by atoms with van der Waals surface area (Å²) >= 11 is 0. The molecule has 1 rings (SSSR count). The largest absolute Gasteiger partial charge is 0.479 e. The highest BCUT2D eigenvalue weighted by atomic mass is 16.4. The lowest BCUT2D eigenvalue weighted by Crippen LogP contribution is -2.13. The van der Waals surface area contributed by atoms with Gasteiger partial charge in [-0.25, -0.2) is 4.79 Å². The zero-order valence-electron chi connectivity index (χ0n) is 9.01. The molecule has 4 nitrogen and oxygen atoms in total. The number of carbonyl (C=O) groups excluding carboxylic acids is 1. The highest BCUT2D eigenvalue weighted by molar-refractivity contribution is 5.74. The first-order chi connectivity index (χ1) is 7.57. The molecule has 0 heterocycles. The van der Waals surface area contributed by atoms with Crippen molar-refractivity contribution in [2.45, 2.75) is 25.9 Å². The molecule has 0 aliphatic carbocycles. The van der Waals surface area contributed by atoms with Crippen molar-refractivity contribution in [1.29, 1.82) is 0 Å². The van der Waals surface area contributed by atoms with Gasteiger partial charge in [-0.15, -0.1) is 0 Å². The van der Waals surface area contributed by atoms with Crippen molar-refractivity contribution in [3.8, 4) is 0 Å². The Balaban J connectivity index is 3.11. The molecule has 16 heavy (non-hydrogen) atoms. The Morgan fingerprint density at radius 3 is 2.75 bits per heavy atom. The summed E-state index contributed by atoms with van der Waals surface area (Å²) in [5.41, 5.74) is 2.00. The summed E-state index contributed by atoms with van der Waals surface area (Å²) in [4.78, 5) is 21.0. The van der Waals surface area contributed by atoms with Crippen LogP contribution >= 0.6 is 0 Å². The molecule has 4 heteroatoms. The van der Waals surface area contributed by atoms with Gasteiger partial charge in [0.25, 0.3) is 0 Å². The highest BCUT2D eigenvalue weighted by Crippen LogP contribution is 2.22. The second kappa shape index (κ2) is 5.42. The van der Waals surface area contributed by atoms with E-state index in [0.29, 0.717) is 18.4 Å². The Morgan fingerprint density at radius 1 is 1.50 bits per heavy atom. The van der Waals surface area contributed by atoms with E-state index in [1.54, 1.807) is 12.1 Å². The molecule has 0 aliphatic heterocycles. The average Bonchev–Trinajstić information content (AvgIpc) is 2.26. The number of aldehydes is 1. The second-order valence-corrected chi connectivity index (χ2v) is 3.59. The van der Waals surface area contributed by atoms with Crippen molar-refractivity contribution in [3.63, 3.8) is 0 Å². The van der Waals surface area contributed by atoms with Gasteiger partial charge in [-0.3, -0.25) is 0 Å². The normalized spacial score (nSPS) is 12.1. The average molecular weight is 222 g/mol. The summed E-state index contributed by atoms with van der Waals surface area (Å²) in [7, 11) is 0. The Kier molecular flexibility index (Phi) is 4.19. The minimum atomic E-state index is -1.53. The van der Waals surface area contributed by atoms with Crippen LogP contribution in [-0.4, -0.2) is 22.5 Å². The lowest BCUT2D eigenvalue weighted by Gasteiger charge is -2.13. The lowest BCUT2D eigenvalue weighted by molar-refractivity contribution is -0.147. The van der Waals surface area contributed by atoms with E-state index in [1.165, 1.54) is 0 Å². The summed E-state index contributed by atoms with van der Waals surface area (Å²) < 4.78 is 0. The van der Waals surface area contributed by atoms with Crippen molar-refractivity contribution in [3.05, 3.63) is 34.9 Å². The first kappa shape index (κ1) is 12.4. The summed E-state index contributed by atoms with van der Waals surface area (Å²) in [6, 6.07) is 5.10. The summed E-state index contributed by atoms with van der Waals surface area (Å²) in [5, 5.41) is 18.3. The number of hydrogen-bond donors (Lipinski definition) is 2. The number of hydrogen-bond acceptors (Lipinski definition) is 3. The molecule has 1 aromatic carbocycles. The number of carboxylic acids is 1. The molecule has 0 aliphatic rings. The topological polar surface area (TPSA) is 74.6 Å². The van der Waals surface area contributed by atoms with Crippen LogP contribution in [-0.2, 0) is 16.0 Å². The molecule has 1 unspecified atom stereocenters. The predicted molar refractivity (Wildman–Crippen MR) is 58.2 cm³/mol. The molecule has 1 aromatic rings. The third-order valence-corrected chi connectivity index (χ3v) is 2.49. The molecule has 1 atom stereocenters. The molecular weight excluding hydrogens is 208 g/mol. The van der Waals surface area contributed by atoms with Gasteiger partial charge < -0.3 is 15.0 Å². The van der Waals surface area contributed by atoms with E-state index in [-0.39, 0.29) is 0 Å². The summed E-state index contributed by atoms with van der Waals surface area (Å²) in [6.45, 7) is 1.83. The van der Waals surface area contributed by atoms with Gasteiger partial charge in [-0.05, 0) is 30.0 Å². The molecule has 2 N–H and O–H groups in total. The van der Waals surface area contributed by atoms with E-state index in [2.05, 4.69) is 0 Å². The minimum absolute atomic E-state index is 0.324. The van der Waals surface area contributed by atoms with Crippen molar-refractivity contribution in [2.24, 2.45) is 0 Å². The van der Waals surface area contributed by atoms with Gasteiger partial charge in [0.1, 0.15) is 6.29 Å². The number of carbonyl (C=O) groups is 2. The fourth-order valence-electron chi connectivity index (χ4n) is 1.66. The molecule has 0 amide bonds. The molecule has 0 bridgehead atoms. The van der Waals surface area contributed by atoms with Gasteiger partial charge in [0.05, 0.1) is 0 Å². The number of aliphatic hydroxyl groups excluding tert-OH is 1. The van der Waals surface area contributed by atoms with E-state index in [1.807, 2.05) is 13.0 Å². The van der Waals surface area contributed by atoms with Crippen LogP contribution in [0.4, 0.5) is 0 Å². The van der Waals surface area contributed by atoms with Gasteiger partial charge in [-0.2, -0.15) is 0 Å². The number of benzene rings is 1. The Morgan fingerprint density at radius 2 is 2.19 bits per heavy atom. The quantitative estimate of drug-likeness (QED) is 0.735. The zero-order chi connectivity index (χ0) is 12.1. The maximum absolute atomic E-state index is 10.7. The predicted octanol–water partition coefficient (Wildman–Crippen LogP) is 1.24. The SMILES string of the molecule is Cc1cccc(C(O)C(=O)O)c1CCC=O. The number of aliphatic carboxylic acids is 1. The Labute approximate surface area is 93.5 Å². The van der Waals surface area contributed by atoms with Gasteiger partial charge in [-0.1, -0.05) is 18.2 Å². The van der Waals surface area contributed by atoms with E-state index in [4.69, 9.17) is 5.11 Å². The van der Waals surface area contributed by atoms with Crippen LogP contribution in [0.3, 0.4) is 0 Å². The molecule has 0 spiro atoms. The maximum Gasteiger partial charge on any atom is 0.337 e. The van der Waals surface area contributed by atoms with Crippen LogP contribution in [0.15, 0.2) is 18.2 Å². The molecule has 0 aromatic heterocycles. The molecule has 0 saturated heterocycles. The monoisotopic (exact) mass is 222 g/mol. The zero-order valence-corrected chi connectivity index (χ0v) is 9.01. The molecule has 0 fully saturated rings. The fraction of sp³-hybridized carbons (Fsp3) is 0.333. The van der Waals surface area contributed by atoms with E-state index >= 15 is 0 Å². The fourth-order valence-corrected chi connectivity index (χ4v) is 1.66. The standard InChI is InChI=1S/C12H14O4/c1-8-4-2-5-10(11(14)12(15)16)9(8)6-3-7-13/h2,4-5,7,11,14H,3,6H2,1H3,(H,15,16). The third kappa shape index (κ3) is 2.67. The molecule has 86 valence electrons. The lowest BCUT2D eigenvalue weighted by atomic mass is 9.94. The van der Waals surface area contributed by atoms with Crippen molar-refractivity contribution in [2.75, 3.05) is 0 Å². The summed E-state index contributed by atoms with van der Waals surface area (Å²) in [6.07, 6.45) is 0.0326. The third-order valence-electron chi connectivity index (χ3n) is 2.49. The maximum atomic E-state index is 10.7. The van der Waals surface area contributed by atoms with Crippen molar-refractivity contribution >= 4 is 12.3 Å². The van der Waals surface area contributed by atoms with Crippen molar-refractivity contribution < 1.29 is 19.8 Å². The minimum Gasteiger partial charge on any atom is -0.479 e. The van der Waals surface area contributed by atoms with Gasteiger partial charge >= 0.3 is 5.97 Å².